The Hall–Kier alpha value is -0.810. The van der Waals surface area contributed by atoms with Crippen molar-refractivity contribution >= 4 is 44.9 Å². The monoisotopic (exact) mass is 381 g/mol. The molecule has 0 aliphatic carbocycles. The molecular formula is C16H13BrClNOS. The van der Waals surface area contributed by atoms with Crippen molar-refractivity contribution in [3.8, 4) is 0 Å². The van der Waals surface area contributed by atoms with Gasteiger partial charge in [0.15, 0.2) is 0 Å². The van der Waals surface area contributed by atoms with Crippen molar-refractivity contribution in [2.75, 3.05) is 7.11 Å². The van der Waals surface area contributed by atoms with Gasteiger partial charge in [-0.3, -0.25) is 4.98 Å². The molecule has 1 aliphatic rings. The van der Waals surface area contributed by atoms with Gasteiger partial charge in [0.2, 0.25) is 4.39 Å². The Kier molecular flexibility index (Phi) is 4.14. The third kappa shape index (κ3) is 2.78. The fourth-order valence-corrected chi connectivity index (χ4v) is 5.37. The van der Waals surface area contributed by atoms with Crippen LogP contribution in [-0.4, -0.2) is 16.5 Å². The van der Waals surface area contributed by atoms with Gasteiger partial charge in [-0.15, -0.1) is 0 Å². The van der Waals surface area contributed by atoms with Crippen LogP contribution in [-0.2, 0) is 8.39 Å². The Morgan fingerprint density at radius 2 is 1.86 bits per heavy atom. The zero-order chi connectivity index (χ0) is 14.9. The molecule has 1 aromatic heterocycles. The van der Waals surface area contributed by atoms with Crippen LogP contribution in [0.2, 0.25) is 0 Å². The average molecular weight is 383 g/mol. The van der Waals surface area contributed by atoms with E-state index in [4.69, 9.17) is 16.3 Å². The summed E-state index contributed by atoms with van der Waals surface area (Å²) in [7, 11) is 1.62. The van der Waals surface area contributed by atoms with E-state index in [0.29, 0.717) is 0 Å². The molecule has 0 saturated carbocycles. The zero-order valence-electron chi connectivity index (χ0n) is 11.3. The largest absolute Gasteiger partial charge is 0.350 e. The lowest BCUT2D eigenvalue weighted by Gasteiger charge is -2.26. The van der Waals surface area contributed by atoms with Crippen LogP contribution >= 0.6 is 39.3 Å². The summed E-state index contributed by atoms with van der Waals surface area (Å²) in [6.45, 7) is 0. The number of pyridine rings is 1. The second kappa shape index (κ2) is 5.76. The zero-order valence-corrected chi connectivity index (χ0v) is 14.5. The van der Waals surface area contributed by atoms with Gasteiger partial charge in [-0.05, 0) is 23.8 Å². The summed E-state index contributed by atoms with van der Waals surface area (Å²) >= 11 is 11.9. The van der Waals surface area contributed by atoms with Crippen LogP contribution in [0.5, 0.6) is 0 Å². The molecule has 0 fully saturated rings. The fraction of sp³-hybridized carbons (Fsp3) is 0.188. The highest BCUT2D eigenvalue weighted by Gasteiger charge is 2.50. The molecule has 2 aromatic rings. The topological polar surface area (TPSA) is 22.1 Å². The van der Waals surface area contributed by atoms with E-state index in [9.17, 15) is 0 Å². The van der Waals surface area contributed by atoms with Gasteiger partial charge in [0.05, 0.1) is 5.69 Å². The van der Waals surface area contributed by atoms with Crippen LogP contribution in [0.25, 0.3) is 5.57 Å². The molecule has 1 aliphatic heterocycles. The lowest BCUT2D eigenvalue weighted by atomic mass is 10.0. The molecule has 1 aromatic carbocycles. The number of methoxy groups -OCH3 is 1. The number of hydrogen-bond donors (Lipinski definition) is 0. The highest BCUT2D eigenvalue weighted by molar-refractivity contribution is 9.11. The first kappa shape index (κ1) is 15.1. The summed E-state index contributed by atoms with van der Waals surface area (Å²) in [5.41, 5.74) is 2.86. The number of ether oxygens (including phenoxy) is 1. The molecule has 21 heavy (non-hydrogen) atoms. The van der Waals surface area contributed by atoms with E-state index in [1.54, 1.807) is 13.3 Å². The third-order valence-electron chi connectivity index (χ3n) is 3.29. The predicted molar refractivity (Wildman–Crippen MR) is 92.4 cm³/mol. The summed E-state index contributed by atoms with van der Waals surface area (Å²) in [4.78, 5) is 4.43. The summed E-state index contributed by atoms with van der Waals surface area (Å²) in [6.07, 6.45) is 3.85. The molecular weight excluding hydrogens is 370 g/mol. The van der Waals surface area contributed by atoms with Gasteiger partial charge in [-0.1, -0.05) is 75.7 Å². The standard InChI is InChI=1S/C16H13BrClNOS/c1-20-16(18)13(12-7-3-2-4-8-12)11-15(17,21-16)14-9-5-6-10-19-14/h2-11H,1H3. The summed E-state index contributed by atoms with van der Waals surface area (Å²) in [6, 6.07) is 15.8. The lowest BCUT2D eigenvalue weighted by Crippen LogP contribution is -2.20. The molecule has 108 valence electrons. The van der Waals surface area contributed by atoms with Crippen LogP contribution in [0.4, 0.5) is 0 Å². The Morgan fingerprint density at radius 1 is 1.14 bits per heavy atom. The highest BCUT2D eigenvalue weighted by Crippen LogP contribution is 2.62. The van der Waals surface area contributed by atoms with E-state index in [-0.39, 0.29) is 0 Å². The van der Waals surface area contributed by atoms with Crippen molar-refractivity contribution < 1.29 is 4.74 Å². The lowest BCUT2D eigenvalue weighted by molar-refractivity contribution is 0.185. The van der Waals surface area contributed by atoms with E-state index >= 15 is 0 Å². The van der Waals surface area contributed by atoms with Gasteiger partial charge in [0.1, 0.15) is 3.66 Å². The van der Waals surface area contributed by atoms with Crippen molar-refractivity contribution in [1.29, 1.82) is 0 Å². The quantitative estimate of drug-likeness (QED) is 0.698. The molecule has 0 spiro atoms. The molecule has 3 rings (SSSR count). The first-order chi connectivity index (χ1) is 10.1. The van der Waals surface area contributed by atoms with Crippen molar-refractivity contribution in [3.05, 3.63) is 72.1 Å². The number of thioether (sulfide) groups is 1. The fourth-order valence-electron chi connectivity index (χ4n) is 2.26. The molecule has 5 heteroatoms. The second-order valence-corrected chi connectivity index (χ2v) is 8.58. The van der Waals surface area contributed by atoms with Gasteiger partial charge in [-0.2, -0.15) is 0 Å². The van der Waals surface area contributed by atoms with Crippen LogP contribution in [0, 0.1) is 0 Å². The Labute approximate surface area is 141 Å². The molecule has 2 nitrogen and oxygen atoms in total. The van der Waals surface area contributed by atoms with Gasteiger partial charge in [0, 0.05) is 18.9 Å². The Morgan fingerprint density at radius 3 is 2.48 bits per heavy atom. The number of rotatable bonds is 3. The van der Waals surface area contributed by atoms with Gasteiger partial charge >= 0.3 is 0 Å². The van der Waals surface area contributed by atoms with E-state index in [2.05, 4.69) is 27.0 Å². The molecule has 0 bridgehead atoms. The molecule has 2 unspecified atom stereocenters. The molecule has 0 radical (unpaired) electrons. The maximum absolute atomic E-state index is 6.70. The minimum Gasteiger partial charge on any atom is -0.350 e. The summed E-state index contributed by atoms with van der Waals surface area (Å²) in [5, 5.41) is 0. The van der Waals surface area contributed by atoms with E-state index in [0.717, 1.165) is 16.8 Å². The number of alkyl halides is 2. The Balaban J connectivity index is 2.10. The van der Waals surface area contributed by atoms with Gasteiger partial charge in [0.25, 0.3) is 0 Å². The molecule has 0 saturated heterocycles. The molecule has 0 N–H and O–H groups in total. The number of hydrogen-bond acceptors (Lipinski definition) is 3. The smallest absolute Gasteiger partial charge is 0.217 e. The Bertz CT molecular complexity index is 666. The second-order valence-electron chi connectivity index (χ2n) is 4.63. The number of aromatic nitrogens is 1. The molecule has 2 heterocycles. The maximum atomic E-state index is 6.70. The number of nitrogens with zero attached hydrogens (tertiary/aromatic N) is 1. The van der Waals surface area contributed by atoms with Gasteiger partial charge < -0.3 is 4.74 Å². The number of halogens is 2. The van der Waals surface area contributed by atoms with Gasteiger partial charge in [-0.25, -0.2) is 0 Å². The van der Waals surface area contributed by atoms with Crippen molar-refractivity contribution in [3.63, 3.8) is 0 Å². The molecule has 2 atom stereocenters. The van der Waals surface area contributed by atoms with Crippen LogP contribution in [0.1, 0.15) is 11.3 Å². The normalized spacial score (nSPS) is 28.4. The number of benzene rings is 1. The first-order valence-electron chi connectivity index (χ1n) is 6.41. The third-order valence-corrected chi connectivity index (χ3v) is 6.28. The highest BCUT2D eigenvalue weighted by atomic mass is 79.9. The van der Waals surface area contributed by atoms with Crippen molar-refractivity contribution in [1.82, 2.24) is 4.98 Å². The van der Waals surface area contributed by atoms with Crippen LogP contribution < -0.4 is 0 Å². The molecule has 0 amide bonds. The minimum atomic E-state index is -0.942. The maximum Gasteiger partial charge on any atom is 0.217 e. The van der Waals surface area contributed by atoms with E-state index < -0.39 is 8.05 Å². The van der Waals surface area contributed by atoms with E-state index in [1.807, 2.05) is 48.5 Å². The van der Waals surface area contributed by atoms with Crippen molar-refractivity contribution in [2.45, 2.75) is 8.05 Å². The SMILES string of the molecule is COC1(Cl)SC(Br)(c2ccccn2)C=C1c1ccccc1. The van der Waals surface area contributed by atoms with Crippen molar-refractivity contribution in [2.24, 2.45) is 0 Å². The predicted octanol–water partition coefficient (Wildman–Crippen LogP) is 5.00. The van der Waals surface area contributed by atoms with Crippen LogP contribution in [0.15, 0.2) is 60.8 Å². The summed E-state index contributed by atoms with van der Waals surface area (Å²) < 4.78 is 4.14. The minimum absolute atomic E-state index is 0.503. The van der Waals surface area contributed by atoms with E-state index in [1.165, 1.54) is 11.8 Å². The first-order valence-corrected chi connectivity index (χ1v) is 8.39. The average Bonchev–Trinajstić information content (AvgIpc) is 2.82. The summed E-state index contributed by atoms with van der Waals surface area (Å²) in [5.74, 6) is 0. The van der Waals surface area contributed by atoms with Crippen LogP contribution in [0.3, 0.4) is 0 Å².